The standard InChI is InChI=1S/C14H13BrClN3O2/c1-8-11(17)6-19(14(21)13(8)15)7-12(20)18-10-4-2-9(16)3-5-10/h2-6H,7,17H2,1H3,(H,18,20). The minimum absolute atomic E-state index is 0.120. The second-order valence-electron chi connectivity index (χ2n) is 4.51. The Balaban J connectivity index is 2.17. The third kappa shape index (κ3) is 3.65. The van der Waals surface area contributed by atoms with E-state index < -0.39 is 0 Å². The SMILES string of the molecule is Cc1c(N)cn(CC(=O)Nc2ccc(Cl)cc2)c(=O)c1Br. The Labute approximate surface area is 134 Å². The summed E-state index contributed by atoms with van der Waals surface area (Å²) in [5.74, 6) is -0.324. The predicted octanol–water partition coefficient (Wildman–Crippen LogP) is 2.79. The number of nitrogen functional groups attached to an aromatic ring is 1. The zero-order valence-corrected chi connectivity index (χ0v) is 13.5. The lowest BCUT2D eigenvalue weighted by atomic mass is 10.2. The van der Waals surface area contributed by atoms with Crippen molar-refractivity contribution in [3.63, 3.8) is 0 Å². The van der Waals surface area contributed by atoms with Gasteiger partial charge in [-0.1, -0.05) is 11.6 Å². The summed E-state index contributed by atoms with van der Waals surface area (Å²) < 4.78 is 1.62. The molecule has 1 aromatic carbocycles. The Morgan fingerprint density at radius 2 is 2.00 bits per heavy atom. The average molecular weight is 371 g/mol. The lowest BCUT2D eigenvalue weighted by Gasteiger charge is -2.11. The molecule has 0 aliphatic carbocycles. The highest BCUT2D eigenvalue weighted by molar-refractivity contribution is 9.10. The van der Waals surface area contributed by atoms with E-state index >= 15 is 0 Å². The van der Waals surface area contributed by atoms with Gasteiger partial charge in [-0.2, -0.15) is 0 Å². The molecule has 0 aliphatic rings. The number of benzene rings is 1. The van der Waals surface area contributed by atoms with Gasteiger partial charge in [-0.25, -0.2) is 0 Å². The monoisotopic (exact) mass is 369 g/mol. The first-order chi connectivity index (χ1) is 9.88. The quantitative estimate of drug-likeness (QED) is 0.872. The molecule has 2 rings (SSSR count). The maximum atomic E-state index is 12.0. The number of amides is 1. The molecule has 0 fully saturated rings. The van der Waals surface area contributed by atoms with Gasteiger partial charge in [0.15, 0.2) is 0 Å². The first-order valence-corrected chi connectivity index (χ1v) is 7.26. The van der Waals surface area contributed by atoms with Crippen LogP contribution < -0.4 is 16.6 Å². The lowest BCUT2D eigenvalue weighted by molar-refractivity contribution is -0.116. The summed E-state index contributed by atoms with van der Waals surface area (Å²) >= 11 is 8.96. The highest BCUT2D eigenvalue weighted by Gasteiger charge is 2.11. The number of rotatable bonds is 3. The number of nitrogens with zero attached hydrogens (tertiary/aromatic N) is 1. The number of aromatic nitrogens is 1. The van der Waals surface area contributed by atoms with Gasteiger partial charge in [0.25, 0.3) is 5.56 Å². The van der Waals surface area contributed by atoms with Gasteiger partial charge in [-0.15, -0.1) is 0 Å². The van der Waals surface area contributed by atoms with E-state index in [2.05, 4.69) is 21.2 Å². The molecule has 1 amide bonds. The number of nitrogens with two attached hydrogens (primary N) is 1. The van der Waals surface area contributed by atoms with E-state index in [0.29, 0.717) is 26.4 Å². The first kappa shape index (κ1) is 15.6. The summed E-state index contributed by atoms with van der Waals surface area (Å²) in [5.41, 5.74) is 7.22. The third-order valence-electron chi connectivity index (χ3n) is 2.95. The van der Waals surface area contributed by atoms with Gasteiger partial charge >= 0.3 is 0 Å². The summed E-state index contributed by atoms with van der Waals surface area (Å²) in [5, 5.41) is 3.27. The Kier molecular flexibility index (Phi) is 4.69. The molecule has 3 N–H and O–H groups in total. The van der Waals surface area contributed by atoms with Gasteiger partial charge in [0.2, 0.25) is 5.91 Å². The minimum atomic E-state index is -0.324. The zero-order chi connectivity index (χ0) is 15.6. The lowest BCUT2D eigenvalue weighted by Crippen LogP contribution is -2.28. The smallest absolute Gasteiger partial charge is 0.265 e. The molecule has 0 aliphatic heterocycles. The normalized spacial score (nSPS) is 10.4. The number of carbonyl (C=O) groups excluding carboxylic acids is 1. The molecule has 110 valence electrons. The van der Waals surface area contributed by atoms with Crippen LogP contribution >= 0.6 is 27.5 Å². The third-order valence-corrected chi connectivity index (χ3v) is 4.13. The molecule has 0 radical (unpaired) electrons. The van der Waals surface area contributed by atoms with Crippen LogP contribution in [-0.4, -0.2) is 10.5 Å². The maximum Gasteiger partial charge on any atom is 0.265 e. The number of halogens is 2. The molecule has 0 spiro atoms. The molecular weight excluding hydrogens is 358 g/mol. The molecule has 0 atom stereocenters. The minimum Gasteiger partial charge on any atom is -0.397 e. The van der Waals surface area contributed by atoms with Crippen LogP contribution in [0.5, 0.6) is 0 Å². The van der Waals surface area contributed by atoms with Crippen molar-refractivity contribution in [1.82, 2.24) is 4.57 Å². The van der Waals surface area contributed by atoms with Crippen molar-refractivity contribution in [2.24, 2.45) is 0 Å². The van der Waals surface area contributed by atoms with Crippen LogP contribution in [-0.2, 0) is 11.3 Å². The van der Waals surface area contributed by atoms with Crippen molar-refractivity contribution in [2.75, 3.05) is 11.1 Å². The van der Waals surface area contributed by atoms with Crippen molar-refractivity contribution in [1.29, 1.82) is 0 Å². The molecule has 0 bridgehead atoms. The number of hydrogen-bond acceptors (Lipinski definition) is 3. The van der Waals surface area contributed by atoms with Gasteiger partial charge in [0.05, 0.1) is 10.2 Å². The second-order valence-corrected chi connectivity index (χ2v) is 5.74. The van der Waals surface area contributed by atoms with E-state index in [0.717, 1.165) is 0 Å². The highest BCUT2D eigenvalue weighted by atomic mass is 79.9. The molecule has 0 saturated carbocycles. The Bertz CT molecular complexity index is 741. The van der Waals surface area contributed by atoms with Crippen LogP contribution in [0.25, 0.3) is 0 Å². The van der Waals surface area contributed by atoms with Gasteiger partial charge in [0, 0.05) is 16.9 Å². The summed E-state index contributed by atoms with van der Waals surface area (Å²) in [6.45, 7) is 1.61. The number of nitrogens with one attached hydrogen (secondary N) is 1. The maximum absolute atomic E-state index is 12.0. The summed E-state index contributed by atoms with van der Waals surface area (Å²) in [4.78, 5) is 24.0. The van der Waals surface area contributed by atoms with Crippen LogP contribution in [0.4, 0.5) is 11.4 Å². The fourth-order valence-corrected chi connectivity index (χ4v) is 2.33. The van der Waals surface area contributed by atoms with Crippen LogP contribution in [0.2, 0.25) is 5.02 Å². The van der Waals surface area contributed by atoms with Crippen LogP contribution in [0, 0.1) is 6.92 Å². The van der Waals surface area contributed by atoms with Crippen molar-refractivity contribution in [3.8, 4) is 0 Å². The molecule has 21 heavy (non-hydrogen) atoms. The Hall–Kier alpha value is -1.79. The van der Waals surface area contributed by atoms with Gasteiger partial charge < -0.3 is 15.6 Å². The molecule has 5 nitrogen and oxygen atoms in total. The van der Waals surface area contributed by atoms with E-state index in [1.165, 1.54) is 10.8 Å². The number of anilines is 2. The molecular formula is C14H13BrClN3O2. The van der Waals surface area contributed by atoms with Crippen molar-refractivity contribution < 1.29 is 4.79 Å². The molecule has 2 aromatic rings. The summed E-state index contributed by atoms with van der Waals surface area (Å²) in [6.07, 6.45) is 1.46. The summed E-state index contributed by atoms with van der Waals surface area (Å²) in [7, 11) is 0. The molecule has 0 unspecified atom stereocenters. The van der Waals surface area contributed by atoms with E-state index in [9.17, 15) is 9.59 Å². The molecule has 0 saturated heterocycles. The van der Waals surface area contributed by atoms with E-state index in [-0.39, 0.29) is 18.0 Å². The van der Waals surface area contributed by atoms with Crippen LogP contribution in [0.3, 0.4) is 0 Å². The summed E-state index contributed by atoms with van der Waals surface area (Å²) in [6, 6.07) is 6.71. The fourth-order valence-electron chi connectivity index (χ4n) is 1.74. The van der Waals surface area contributed by atoms with Crippen molar-refractivity contribution in [3.05, 3.63) is 55.9 Å². The predicted molar refractivity (Wildman–Crippen MR) is 87.6 cm³/mol. The van der Waals surface area contributed by atoms with Crippen molar-refractivity contribution >= 4 is 44.8 Å². The average Bonchev–Trinajstić information content (AvgIpc) is 2.45. The number of carbonyl (C=O) groups is 1. The number of pyridine rings is 1. The number of hydrogen-bond donors (Lipinski definition) is 2. The van der Waals surface area contributed by atoms with Crippen LogP contribution in [0.1, 0.15) is 5.56 Å². The van der Waals surface area contributed by atoms with E-state index in [4.69, 9.17) is 17.3 Å². The van der Waals surface area contributed by atoms with E-state index in [1.807, 2.05) is 0 Å². The Morgan fingerprint density at radius 1 is 1.38 bits per heavy atom. The second kappa shape index (κ2) is 6.32. The first-order valence-electron chi connectivity index (χ1n) is 6.09. The van der Waals surface area contributed by atoms with Gasteiger partial charge in [-0.3, -0.25) is 9.59 Å². The van der Waals surface area contributed by atoms with Crippen LogP contribution in [0.15, 0.2) is 39.7 Å². The van der Waals surface area contributed by atoms with Gasteiger partial charge in [-0.05, 0) is 52.7 Å². The van der Waals surface area contributed by atoms with Gasteiger partial charge in [0.1, 0.15) is 6.54 Å². The molecule has 7 heteroatoms. The topological polar surface area (TPSA) is 77.1 Å². The largest absolute Gasteiger partial charge is 0.397 e. The van der Waals surface area contributed by atoms with E-state index in [1.54, 1.807) is 31.2 Å². The molecule has 1 heterocycles. The highest BCUT2D eigenvalue weighted by Crippen LogP contribution is 2.17. The molecule has 1 aromatic heterocycles. The fraction of sp³-hybridized carbons (Fsp3) is 0.143. The van der Waals surface area contributed by atoms with Crippen molar-refractivity contribution in [2.45, 2.75) is 13.5 Å². The zero-order valence-electron chi connectivity index (χ0n) is 11.2. The Morgan fingerprint density at radius 3 is 2.62 bits per heavy atom.